The molecule has 0 bridgehead atoms. The minimum atomic E-state index is -2.57. The first kappa shape index (κ1) is 13.2. The zero-order valence-electron chi connectivity index (χ0n) is 8.88. The summed E-state index contributed by atoms with van der Waals surface area (Å²) in [6, 6.07) is 1.84. The molecule has 0 aromatic heterocycles. The zero-order valence-corrected chi connectivity index (χ0v) is 8.88. The number of ketones is 1. The van der Waals surface area contributed by atoms with E-state index in [1.165, 1.54) is 6.92 Å². The van der Waals surface area contributed by atoms with Gasteiger partial charge >= 0.3 is 5.97 Å². The highest BCUT2D eigenvalue weighted by atomic mass is 19.1. The highest BCUT2D eigenvalue weighted by Crippen LogP contribution is 2.12. The Bertz CT molecular complexity index is 425. The summed E-state index contributed by atoms with van der Waals surface area (Å²) >= 11 is 0. The Labute approximate surface area is 95.2 Å². The number of benzene rings is 1. The molecule has 1 rings (SSSR count). The second-order valence-corrected chi connectivity index (χ2v) is 3.14. The average molecular weight is 246 g/mol. The number of alkyl halides is 1. The quantitative estimate of drug-likeness (QED) is 0.464. The third-order valence-corrected chi connectivity index (χ3v) is 1.87. The molecule has 0 N–H and O–H groups in total. The Balaban J connectivity index is 2.92. The second-order valence-electron chi connectivity index (χ2n) is 3.14. The van der Waals surface area contributed by atoms with Crippen molar-refractivity contribution in [1.29, 1.82) is 0 Å². The van der Waals surface area contributed by atoms with E-state index in [2.05, 4.69) is 4.74 Å². The van der Waals surface area contributed by atoms with Gasteiger partial charge < -0.3 is 4.74 Å². The maximum atomic E-state index is 13.3. The predicted molar refractivity (Wildman–Crippen MR) is 52.2 cm³/mol. The summed E-state index contributed by atoms with van der Waals surface area (Å²) in [6.45, 7) is 1.35. The van der Waals surface area contributed by atoms with E-state index in [0.29, 0.717) is 18.2 Å². The average Bonchev–Trinajstić information content (AvgIpc) is 2.26. The molecule has 3 nitrogen and oxygen atoms in total. The standard InChI is InChI=1S/C11H9F3O3/c1-2-17-11(16)9(14)10(15)6-3-7(12)5-8(13)4-6/h3-5,9H,2H2,1H3. The summed E-state index contributed by atoms with van der Waals surface area (Å²) in [5, 5.41) is 0. The SMILES string of the molecule is CCOC(=O)C(F)C(=O)c1cc(F)cc(F)c1. The molecule has 0 aliphatic rings. The van der Waals surface area contributed by atoms with Gasteiger partial charge in [0.1, 0.15) is 11.6 Å². The van der Waals surface area contributed by atoms with Gasteiger partial charge in [-0.25, -0.2) is 18.0 Å². The molecule has 0 aliphatic carbocycles. The van der Waals surface area contributed by atoms with E-state index in [4.69, 9.17) is 0 Å². The Morgan fingerprint density at radius 2 is 1.76 bits per heavy atom. The lowest BCUT2D eigenvalue weighted by molar-refractivity contribution is -0.147. The van der Waals surface area contributed by atoms with Crippen LogP contribution in [0, 0.1) is 11.6 Å². The van der Waals surface area contributed by atoms with Gasteiger partial charge in [-0.15, -0.1) is 0 Å². The number of rotatable bonds is 4. The molecule has 0 radical (unpaired) electrons. The van der Waals surface area contributed by atoms with Crippen molar-refractivity contribution in [2.24, 2.45) is 0 Å². The van der Waals surface area contributed by atoms with Gasteiger partial charge in [-0.3, -0.25) is 4.79 Å². The van der Waals surface area contributed by atoms with Gasteiger partial charge in [0.25, 0.3) is 6.17 Å². The molecule has 1 unspecified atom stereocenters. The molecule has 1 aromatic carbocycles. The highest BCUT2D eigenvalue weighted by Gasteiger charge is 2.29. The molecule has 92 valence electrons. The van der Waals surface area contributed by atoms with Crippen LogP contribution in [0.5, 0.6) is 0 Å². The number of hydrogen-bond acceptors (Lipinski definition) is 3. The fourth-order valence-corrected chi connectivity index (χ4v) is 1.16. The summed E-state index contributed by atoms with van der Waals surface area (Å²) in [6.07, 6.45) is -2.57. The van der Waals surface area contributed by atoms with Crippen LogP contribution in [0.2, 0.25) is 0 Å². The monoisotopic (exact) mass is 246 g/mol. The van der Waals surface area contributed by atoms with Crippen molar-refractivity contribution >= 4 is 11.8 Å². The first-order valence-corrected chi connectivity index (χ1v) is 4.76. The molecular weight excluding hydrogens is 237 g/mol. The van der Waals surface area contributed by atoms with Gasteiger partial charge in [0.05, 0.1) is 6.61 Å². The number of Topliss-reactive ketones (excluding diaryl/α,β-unsaturated/α-hetero) is 1. The third-order valence-electron chi connectivity index (χ3n) is 1.87. The van der Waals surface area contributed by atoms with E-state index in [1.807, 2.05) is 0 Å². The van der Waals surface area contributed by atoms with E-state index in [9.17, 15) is 22.8 Å². The first-order valence-electron chi connectivity index (χ1n) is 4.76. The summed E-state index contributed by atoms with van der Waals surface area (Å²) in [7, 11) is 0. The van der Waals surface area contributed by atoms with Crippen molar-refractivity contribution < 1.29 is 27.5 Å². The minimum Gasteiger partial charge on any atom is -0.463 e. The van der Waals surface area contributed by atoms with E-state index in [1.54, 1.807) is 0 Å². The largest absolute Gasteiger partial charge is 0.463 e. The van der Waals surface area contributed by atoms with E-state index >= 15 is 0 Å². The Morgan fingerprint density at radius 1 is 1.24 bits per heavy atom. The Hall–Kier alpha value is -1.85. The van der Waals surface area contributed by atoms with Crippen molar-refractivity contribution in [2.75, 3.05) is 6.61 Å². The number of ether oxygens (including phenoxy) is 1. The smallest absolute Gasteiger partial charge is 0.348 e. The number of carbonyl (C=O) groups is 2. The lowest BCUT2D eigenvalue weighted by Crippen LogP contribution is -2.28. The number of esters is 1. The lowest BCUT2D eigenvalue weighted by atomic mass is 10.1. The molecule has 0 amide bonds. The van der Waals surface area contributed by atoms with Crippen LogP contribution >= 0.6 is 0 Å². The van der Waals surface area contributed by atoms with Crippen LogP contribution < -0.4 is 0 Å². The molecule has 1 aromatic rings. The molecule has 0 saturated heterocycles. The van der Waals surface area contributed by atoms with Gasteiger partial charge in [-0.2, -0.15) is 0 Å². The summed E-state index contributed by atoms with van der Waals surface area (Å²) < 4.78 is 43.1. The molecule has 1 atom stereocenters. The van der Waals surface area contributed by atoms with E-state index in [0.717, 1.165) is 0 Å². The number of hydrogen-bond donors (Lipinski definition) is 0. The Morgan fingerprint density at radius 3 is 2.24 bits per heavy atom. The van der Waals surface area contributed by atoms with Crippen molar-refractivity contribution in [3.8, 4) is 0 Å². The van der Waals surface area contributed by atoms with Crippen molar-refractivity contribution in [3.05, 3.63) is 35.4 Å². The van der Waals surface area contributed by atoms with Crippen LogP contribution in [-0.4, -0.2) is 24.5 Å². The van der Waals surface area contributed by atoms with E-state index < -0.39 is 35.1 Å². The molecule has 0 spiro atoms. The fraction of sp³-hybridized carbons (Fsp3) is 0.273. The van der Waals surface area contributed by atoms with Crippen molar-refractivity contribution in [1.82, 2.24) is 0 Å². The van der Waals surface area contributed by atoms with Gasteiger partial charge in [-0.1, -0.05) is 0 Å². The molecule has 0 saturated carbocycles. The highest BCUT2D eigenvalue weighted by molar-refractivity contribution is 6.11. The van der Waals surface area contributed by atoms with Gasteiger partial charge in [-0.05, 0) is 19.1 Å². The molecular formula is C11H9F3O3. The van der Waals surface area contributed by atoms with Crippen molar-refractivity contribution in [2.45, 2.75) is 13.1 Å². The Kier molecular flexibility index (Phi) is 4.25. The number of halogens is 3. The predicted octanol–water partition coefficient (Wildman–Crippen LogP) is 2.05. The molecule has 17 heavy (non-hydrogen) atoms. The van der Waals surface area contributed by atoms with Crippen molar-refractivity contribution in [3.63, 3.8) is 0 Å². The molecule has 6 heteroatoms. The summed E-state index contributed by atoms with van der Waals surface area (Å²) in [5.74, 6) is -4.75. The van der Waals surface area contributed by atoms with Crippen LogP contribution in [0.3, 0.4) is 0 Å². The van der Waals surface area contributed by atoms with Crippen LogP contribution in [0.1, 0.15) is 17.3 Å². The second kappa shape index (κ2) is 5.47. The van der Waals surface area contributed by atoms with Gasteiger partial charge in [0.2, 0.25) is 5.78 Å². The molecule has 0 heterocycles. The first-order chi connectivity index (χ1) is 7.95. The van der Waals surface area contributed by atoms with Gasteiger partial charge in [0, 0.05) is 11.6 Å². The fourth-order valence-electron chi connectivity index (χ4n) is 1.16. The van der Waals surface area contributed by atoms with E-state index in [-0.39, 0.29) is 6.61 Å². The lowest BCUT2D eigenvalue weighted by Gasteiger charge is -2.06. The zero-order chi connectivity index (χ0) is 13.0. The molecule has 0 fully saturated rings. The topological polar surface area (TPSA) is 43.4 Å². The normalized spacial score (nSPS) is 12.0. The van der Waals surface area contributed by atoms with Crippen LogP contribution in [0.25, 0.3) is 0 Å². The minimum absolute atomic E-state index is 0.0932. The summed E-state index contributed by atoms with van der Waals surface area (Å²) in [5.41, 5.74) is -0.553. The van der Waals surface area contributed by atoms with Crippen LogP contribution in [0.15, 0.2) is 18.2 Å². The maximum absolute atomic E-state index is 13.3. The maximum Gasteiger partial charge on any atom is 0.348 e. The summed E-state index contributed by atoms with van der Waals surface area (Å²) in [4.78, 5) is 22.3. The molecule has 0 aliphatic heterocycles. The van der Waals surface area contributed by atoms with Gasteiger partial charge in [0.15, 0.2) is 0 Å². The number of carbonyl (C=O) groups excluding carboxylic acids is 2. The van der Waals surface area contributed by atoms with Crippen LogP contribution in [0.4, 0.5) is 13.2 Å². The third kappa shape index (κ3) is 3.30. The van der Waals surface area contributed by atoms with Crippen LogP contribution in [-0.2, 0) is 9.53 Å².